The third kappa shape index (κ3) is 3.02. The summed E-state index contributed by atoms with van der Waals surface area (Å²) in [7, 11) is 1.69. The molecule has 1 atom stereocenters. The Balaban J connectivity index is 1.69. The van der Waals surface area contributed by atoms with Crippen LogP contribution in [0.5, 0.6) is 5.75 Å². The van der Waals surface area contributed by atoms with Gasteiger partial charge in [0.15, 0.2) is 0 Å². The van der Waals surface area contributed by atoms with Gasteiger partial charge in [0.2, 0.25) is 0 Å². The summed E-state index contributed by atoms with van der Waals surface area (Å²) in [6.07, 6.45) is 1.31. The molecule has 0 amide bonds. The van der Waals surface area contributed by atoms with Gasteiger partial charge in [-0.25, -0.2) is 4.98 Å². The molecule has 1 saturated heterocycles. The first-order valence-corrected chi connectivity index (χ1v) is 7.94. The smallest absolute Gasteiger partial charge is 0.123 e. The fraction of sp³-hybridized carbons (Fsp3) is 0.438. The van der Waals surface area contributed by atoms with Gasteiger partial charge in [0, 0.05) is 24.0 Å². The van der Waals surface area contributed by atoms with Crippen molar-refractivity contribution in [2.75, 3.05) is 20.2 Å². The summed E-state index contributed by atoms with van der Waals surface area (Å²) >= 11 is 1.72. The number of benzene rings is 1. The third-order valence-electron chi connectivity index (χ3n) is 3.78. The van der Waals surface area contributed by atoms with E-state index in [-0.39, 0.29) is 0 Å². The Morgan fingerprint density at radius 2 is 2.15 bits per heavy atom. The van der Waals surface area contributed by atoms with Gasteiger partial charge in [-0.3, -0.25) is 4.90 Å². The predicted molar refractivity (Wildman–Crippen MR) is 83.2 cm³/mol. The fourth-order valence-electron chi connectivity index (χ4n) is 2.64. The molecule has 2 heterocycles. The molecule has 0 spiro atoms. The van der Waals surface area contributed by atoms with Crippen LogP contribution in [0.1, 0.15) is 19.0 Å². The van der Waals surface area contributed by atoms with Crippen LogP contribution in [-0.4, -0.2) is 30.1 Å². The van der Waals surface area contributed by atoms with E-state index in [1.807, 2.05) is 12.1 Å². The topological polar surface area (TPSA) is 25.4 Å². The highest BCUT2D eigenvalue weighted by atomic mass is 32.1. The molecule has 0 radical (unpaired) electrons. The second-order valence-electron chi connectivity index (χ2n) is 5.50. The van der Waals surface area contributed by atoms with Gasteiger partial charge in [0.1, 0.15) is 10.8 Å². The molecule has 4 heteroatoms. The van der Waals surface area contributed by atoms with Crippen LogP contribution in [0.3, 0.4) is 0 Å². The molecule has 3 nitrogen and oxygen atoms in total. The summed E-state index contributed by atoms with van der Waals surface area (Å²) in [5.41, 5.74) is 2.35. The van der Waals surface area contributed by atoms with Crippen LogP contribution in [0.4, 0.5) is 0 Å². The van der Waals surface area contributed by atoms with E-state index in [0.29, 0.717) is 0 Å². The number of rotatable bonds is 4. The number of ether oxygens (including phenoxy) is 1. The van der Waals surface area contributed by atoms with Crippen molar-refractivity contribution in [2.24, 2.45) is 5.92 Å². The highest BCUT2D eigenvalue weighted by Gasteiger charge is 2.19. The number of methoxy groups -OCH3 is 1. The zero-order valence-corrected chi connectivity index (χ0v) is 12.8. The Labute approximate surface area is 124 Å². The van der Waals surface area contributed by atoms with Crippen LogP contribution in [0.25, 0.3) is 10.6 Å². The van der Waals surface area contributed by atoms with E-state index >= 15 is 0 Å². The third-order valence-corrected chi connectivity index (χ3v) is 4.72. The Kier molecular flexibility index (Phi) is 4.03. The average molecular weight is 288 g/mol. The van der Waals surface area contributed by atoms with Crippen LogP contribution in [0.2, 0.25) is 0 Å². The molecule has 0 bridgehead atoms. The SMILES string of the molecule is COc1ccc(-c2nc(CN3CCC(C)C3)cs2)cc1. The molecule has 0 saturated carbocycles. The van der Waals surface area contributed by atoms with E-state index in [1.165, 1.54) is 25.2 Å². The lowest BCUT2D eigenvalue weighted by molar-refractivity contribution is 0.317. The highest BCUT2D eigenvalue weighted by Crippen LogP contribution is 2.27. The summed E-state index contributed by atoms with van der Waals surface area (Å²) in [6, 6.07) is 8.11. The maximum Gasteiger partial charge on any atom is 0.123 e. The monoisotopic (exact) mass is 288 g/mol. The van der Waals surface area contributed by atoms with Crippen molar-refractivity contribution >= 4 is 11.3 Å². The van der Waals surface area contributed by atoms with E-state index in [2.05, 4.69) is 29.3 Å². The van der Waals surface area contributed by atoms with Crippen LogP contribution in [0.15, 0.2) is 29.6 Å². The maximum absolute atomic E-state index is 5.19. The summed E-state index contributed by atoms with van der Waals surface area (Å²) in [6.45, 7) is 5.72. The van der Waals surface area contributed by atoms with Crippen molar-refractivity contribution in [3.63, 3.8) is 0 Å². The summed E-state index contributed by atoms with van der Waals surface area (Å²) in [5, 5.41) is 3.28. The van der Waals surface area contributed by atoms with Gasteiger partial charge in [0.25, 0.3) is 0 Å². The lowest BCUT2D eigenvalue weighted by Gasteiger charge is -2.12. The molecule has 1 aromatic heterocycles. The maximum atomic E-state index is 5.19. The van der Waals surface area contributed by atoms with E-state index in [0.717, 1.165) is 28.8 Å². The standard InChI is InChI=1S/C16H20N2OS/c1-12-7-8-18(9-12)10-14-11-20-16(17-14)13-3-5-15(19-2)6-4-13/h3-6,11-12H,7-10H2,1-2H3. The van der Waals surface area contributed by atoms with Crippen molar-refractivity contribution in [2.45, 2.75) is 19.9 Å². The van der Waals surface area contributed by atoms with Crippen LogP contribution in [-0.2, 0) is 6.54 Å². The number of nitrogens with zero attached hydrogens (tertiary/aromatic N) is 2. The Morgan fingerprint density at radius 1 is 1.35 bits per heavy atom. The Morgan fingerprint density at radius 3 is 2.80 bits per heavy atom. The van der Waals surface area contributed by atoms with Gasteiger partial charge < -0.3 is 4.74 Å². The molecule has 3 rings (SSSR count). The molecule has 106 valence electrons. The van der Waals surface area contributed by atoms with Crippen molar-refractivity contribution in [3.05, 3.63) is 35.3 Å². The number of hydrogen-bond acceptors (Lipinski definition) is 4. The molecule has 1 aliphatic heterocycles. The summed E-state index contributed by atoms with van der Waals surface area (Å²) < 4.78 is 5.19. The van der Waals surface area contributed by atoms with Crippen LogP contribution < -0.4 is 4.74 Å². The van der Waals surface area contributed by atoms with E-state index in [9.17, 15) is 0 Å². The van der Waals surface area contributed by atoms with Crippen molar-refractivity contribution < 1.29 is 4.74 Å². The second kappa shape index (κ2) is 5.94. The molecule has 1 unspecified atom stereocenters. The number of hydrogen-bond donors (Lipinski definition) is 0. The molecule has 2 aromatic rings. The van der Waals surface area contributed by atoms with Crippen molar-refractivity contribution in [1.29, 1.82) is 0 Å². The Hall–Kier alpha value is -1.39. The lowest BCUT2D eigenvalue weighted by Crippen LogP contribution is -2.19. The fourth-order valence-corrected chi connectivity index (χ4v) is 3.46. The average Bonchev–Trinajstić information content (AvgIpc) is 3.09. The largest absolute Gasteiger partial charge is 0.497 e. The van der Waals surface area contributed by atoms with Crippen LogP contribution in [0, 0.1) is 5.92 Å². The van der Waals surface area contributed by atoms with E-state index < -0.39 is 0 Å². The zero-order chi connectivity index (χ0) is 13.9. The predicted octanol–water partition coefficient (Wildman–Crippen LogP) is 3.66. The first-order chi connectivity index (χ1) is 9.74. The normalized spacial score (nSPS) is 19.4. The van der Waals surface area contributed by atoms with Gasteiger partial charge in [0.05, 0.1) is 12.8 Å². The number of aromatic nitrogens is 1. The highest BCUT2D eigenvalue weighted by molar-refractivity contribution is 7.13. The van der Waals surface area contributed by atoms with Gasteiger partial charge in [-0.1, -0.05) is 6.92 Å². The first-order valence-electron chi connectivity index (χ1n) is 7.06. The minimum absolute atomic E-state index is 0.828. The lowest BCUT2D eigenvalue weighted by atomic mass is 10.2. The van der Waals surface area contributed by atoms with Gasteiger partial charge in [-0.05, 0) is 43.1 Å². The minimum atomic E-state index is 0.828. The molecular weight excluding hydrogens is 268 g/mol. The number of likely N-dealkylation sites (tertiary alicyclic amines) is 1. The zero-order valence-electron chi connectivity index (χ0n) is 12.0. The minimum Gasteiger partial charge on any atom is -0.497 e. The Bertz CT molecular complexity index is 564. The van der Waals surface area contributed by atoms with E-state index in [1.54, 1.807) is 18.4 Å². The number of thiazole rings is 1. The molecule has 20 heavy (non-hydrogen) atoms. The molecule has 1 aromatic carbocycles. The summed E-state index contributed by atoms with van der Waals surface area (Å²) in [4.78, 5) is 7.26. The van der Waals surface area contributed by atoms with Crippen molar-refractivity contribution in [3.8, 4) is 16.3 Å². The van der Waals surface area contributed by atoms with E-state index in [4.69, 9.17) is 9.72 Å². The quantitative estimate of drug-likeness (QED) is 0.858. The molecular formula is C16H20N2OS. The molecule has 0 aliphatic carbocycles. The molecule has 1 fully saturated rings. The first kappa shape index (κ1) is 13.6. The van der Waals surface area contributed by atoms with Gasteiger partial charge in [-0.2, -0.15) is 0 Å². The molecule has 0 N–H and O–H groups in total. The second-order valence-corrected chi connectivity index (χ2v) is 6.36. The van der Waals surface area contributed by atoms with Gasteiger partial charge in [-0.15, -0.1) is 11.3 Å². The van der Waals surface area contributed by atoms with Crippen LogP contribution >= 0.6 is 11.3 Å². The summed E-state index contributed by atoms with van der Waals surface area (Å²) in [5.74, 6) is 1.71. The van der Waals surface area contributed by atoms with Gasteiger partial charge >= 0.3 is 0 Å². The molecule has 1 aliphatic rings. The van der Waals surface area contributed by atoms with Crippen molar-refractivity contribution in [1.82, 2.24) is 9.88 Å².